The molecule has 3 rings (SSSR count). The van der Waals surface area contributed by atoms with Gasteiger partial charge in [0.1, 0.15) is 0 Å². The lowest BCUT2D eigenvalue weighted by Gasteiger charge is -2.21. The Labute approximate surface area is 209 Å². The molecular formula is C24H28F6N4O3. The van der Waals surface area contributed by atoms with E-state index in [1.165, 1.54) is 0 Å². The molecule has 0 bridgehead atoms. The smallest absolute Gasteiger partial charge is 0.376 e. The van der Waals surface area contributed by atoms with Gasteiger partial charge in [0.15, 0.2) is 16.9 Å². The minimum Gasteiger partial charge on any atom is -0.376 e. The first kappa shape index (κ1) is 28.5. The molecule has 0 N–H and O–H groups in total. The van der Waals surface area contributed by atoms with Crippen molar-refractivity contribution in [3.05, 3.63) is 46.6 Å². The summed E-state index contributed by atoms with van der Waals surface area (Å²) in [5.41, 5.74) is -2.66. The predicted octanol–water partition coefficient (Wildman–Crippen LogP) is 5.38. The second kappa shape index (κ2) is 10.3. The molecule has 0 spiro atoms. The largest absolute Gasteiger partial charge is 0.432 e. The number of alkyl halides is 6. The summed E-state index contributed by atoms with van der Waals surface area (Å²) in [6, 6.07) is 3.46. The van der Waals surface area contributed by atoms with Crippen LogP contribution in [-0.4, -0.2) is 39.9 Å². The van der Waals surface area contributed by atoms with Crippen molar-refractivity contribution in [1.82, 2.24) is 9.36 Å². The van der Waals surface area contributed by atoms with E-state index < -0.39 is 40.8 Å². The molecule has 1 aromatic heterocycles. The van der Waals surface area contributed by atoms with Gasteiger partial charge >= 0.3 is 12.4 Å². The summed E-state index contributed by atoms with van der Waals surface area (Å²) >= 11 is 0. The van der Waals surface area contributed by atoms with Crippen LogP contribution < -0.4 is 10.3 Å². The van der Waals surface area contributed by atoms with Crippen molar-refractivity contribution in [2.45, 2.75) is 71.0 Å². The summed E-state index contributed by atoms with van der Waals surface area (Å²) in [7, 11) is 1.77. The number of carbonyl (C=O) groups excluding carboxylic acids is 1. The maximum absolute atomic E-state index is 13.4. The summed E-state index contributed by atoms with van der Waals surface area (Å²) < 4.78 is 87.7. The van der Waals surface area contributed by atoms with Gasteiger partial charge in [0, 0.05) is 30.8 Å². The van der Waals surface area contributed by atoms with Crippen LogP contribution in [-0.2, 0) is 29.9 Å². The van der Waals surface area contributed by atoms with Crippen LogP contribution in [0.3, 0.4) is 0 Å². The van der Waals surface area contributed by atoms with Crippen molar-refractivity contribution in [2.75, 3.05) is 6.61 Å². The Morgan fingerprint density at radius 1 is 1.14 bits per heavy atom. The van der Waals surface area contributed by atoms with E-state index in [9.17, 15) is 31.1 Å². The minimum absolute atomic E-state index is 0.136. The molecule has 0 saturated carbocycles. The summed E-state index contributed by atoms with van der Waals surface area (Å²) in [6.07, 6.45) is -8.11. The van der Waals surface area contributed by atoms with Crippen LogP contribution in [0, 0.1) is 0 Å². The van der Waals surface area contributed by atoms with Gasteiger partial charge in [0.25, 0.3) is 5.91 Å². The quantitative estimate of drug-likeness (QED) is 0.294. The number of aromatic nitrogens is 2. The van der Waals surface area contributed by atoms with Crippen molar-refractivity contribution in [1.29, 1.82) is 0 Å². The maximum Gasteiger partial charge on any atom is 0.432 e. The van der Waals surface area contributed by atoms with Crippen molar-refractivity contribution < 1.29 is 40.7 Å². The Hall–Kier alpha value is -3.09. The third-order valence-electron chi connectivity index (χ3n) is 5.85. The van der Waals surface area contributed by atoms with Crippen LogP contribution in [0.5, 0.6) is 5.75 Å². The van der Waals surface area contributed by atoms with Gasteiger partial charge in [-0.3, -0.25) is 14.2 Å². The van der Waals surface area contributed by atoms with Crippen molar-refractivity contribution >= 4 is 11.6 Å². The fraction of sp³-hybridized carbons (Fsp3) is 0.542. The molecule has 204 valence electrons. The number of carbonyl (C=O) groups is 1. The number of amides is 1. The second-order valence-electron chi connectivity index (χ2n) is 9.77. The molecule has 2 heterocycles. The number of ether oxygens (including phenoxy) is 1. The first-order chi connectivity index (χ1) is 17.0. The number of benzene rings is 1. The number of rotatable bonds is 5. The van der Waals surface area contributed by atoms with E-state index in [4.69, 9.17) is 9.57 Å². The van der Waals surface area contributed by atoms with Crippen LogP contribution in [0.15, 0.2) is 34.4 Å². The van der Waals surface area contributed by atoms with E-state index in [0.717, 1.165) is 24.6 Å². The van der Waals surface area contributed by atoms with E-state index >= 15 is 0 Å². The molecule has 1 saturated heterocycles. The lowest BCUT2D eigenvalue weighted by atomic mass is 9.92. The summed E-state index contributed by atoms with van der Waals surface area (Å²) in [5, 5.41) is 2.93. The summed E-state index contributed by atoms with van der Waals surface area (Å²) in [5.74, 6) is -1.73. The average molecular weight is 535 g/mol. The Morgan fingerprint density at radius 3 is 2.35 bits per heavy atom. The van der Waals surface area contributed by atoms with Gasteiger partial charge in [-0.2, -0.15) is 31.3 Å². The highest BCUT2D eigenvalue weighted by atomic mass is 19.4. The monoisotopic (exact) mass is 534 g/mol. The lowest BCUT2D eigenvalue weighted by Crippen LogP contribution is -2.30. The third kappa shape index (κ3) is 6.82. The maximum atomic E-state index is 13.4. The van der Waals surface area contributed by atoms with Crippen LogP contribution in [0.25, 0.3) is 0 Å². The fourth-order valence-electron chi connectivity index (χ4n) is 3.85. The molecule has 0 aliphatic carbocycles. The molecule has 1 aliphatic heterocycles. The molecule has 1 atom stereocenters. The molecular weight excluding hydrogens is 506 g/mol. The van der Waals surface area contributed by atoms with E-state index in [0.29, 0.717) is 32.2 Å². The highest BCUT2D eigenvalue weighted by Gasteiger charge is 2.34. The van der Waals surface area contributed by atoms with E-state index in [2.05, 4.69) is 10.1 Å². The van der Waals surface area contributed by atoms with Gasteiger partial charge in [-0.25, -0.2) is 0 Å². The van der Waals surface area contributed by atoms with Crippen LogP contribution >= 0.6 is 0 Å². The SMILES string of the molecule is C/C(=N/Oc1ccc(C(F)(F)F)cc1C(=O)N=c1cc(C(C)(C)C)n(C)n1C[C@H]1CCCO1)C(F)(F)F. The summed E-state index contributed by atoms with van der Waals surface area (Å²) in [6.45, 7) is 7.41. The van der Waals surface area contributed by atoms with Gasteiger partial charge in [-0.1, -0.05) is 25.9 Å². The Morgan fingerprint density at radius 2 is 1.81 bits per heavy atom. The van der Waals surface area contributed by atoms with Gasteiger partial charge < -0.3 is 9.57 Å². The Balaban J connectivity index is 2.13. The molecule has 1 fully saturated rings. The van der Waals surface area contributed by atoms with Gasteiger partial charge in [-0.05, 0) is 38.0 Å². The Bertz CT molecular complexity index is 1240. The molecule has 1 aliphatic rings. The van der Waals surface area contributed by atoms with E-state index in [1.54, 1.807) is 22.5 Å². The van der Waals surface area contributed by atoms with Crippen molar-refractivity contribution in [2.24, 2.45) is 17.2 Å². The molecule has 13 heteroatoms. The number of oxime groups is 1. The zero-order chi connectivity index (χ0) is 27.8. The highest BCUT2D eigenvalue weighted by molar-refractivity contribution is 5.98. The number of hydrogen-bond acceptors (Lipinski definition) is 4. The van der Waals surface area contributed by atoms with E-state index in [-0.39, 0.29) is 17.0 Å². The molecule has 37 heavy (non-hydrogen) atoms. The van der Waals surface area contributed by atoms with Crippen LogP contribution in [0.4, 0.5) is 26.3 Å². The Kier molecular flexibility index (Phi) is 7.96. The molecule has 2 aromatic rings. The first-order valence-electron chi connectivity index (χ1n) is 11.5. The van der Waals surface area contributed by atoms with Crippen molar-refractivity contribution in [3.63, 3.8) is 0 Å². The molecule has 0 radical (unpaired) electrons. The first-order valence-corrected chi connectivity index (χ1v) is 11.5. The van der Waals surface area contributed by atoms with Gasteiger partial charge in [0.2, 0.25) is 0 Å². The fourth-order valence-corrected chi connectivity index (χ4v) is 3.85. The standard InChI is InChI=1S/C24H28F6N4O3/c1-14(23(25,26)27)32-37-18-9-8-15(24(28,29)30)11-17(18)21(35)31-20-12-19(22(2,3)4)33(5)34(20)13-16-7-6-10-36-16/h8-9,11-12,16H,6-7,10,13H2,1-5H3/b31-20?,32-14-/t16-/m1/s1. The lowest BCUT2D eigenvalue weighted by molar-refractivity contribution is -0.137. The minimum atomic E-state index is -4.82. The average Bonchev–Trinajstić information content (AvgIpc) is 3.39. The predicted molar refractivity (Wildman–Crippen MR) is 122 cm³/mol. The highest BCUT2D eigenvalue weighted by Crippen LogP contribution is 2.33. The molecule has 1 aromatic carbocycles. The van der Waals surface area contributed by atoms with Crippen molar-refractivity contribution in [3.8, 4) is 5.75 Å². The normalized spacial score (nSPS) is 18.0. The van der Waals surface area contributed by atoms with Crippen LogP contribution in [0.1, 0.15) is 62.2 Å². The van der Waals surface area contributed by atoms with Gasteiger partial charge in [-0.15, -0.1) is 0 Å². The van der Waals surface area contributed by atoms with Gasteiger partial charge in [0.05, 0.1) is 23.8 Å². The summed E-state index contributed by atoms with van der Waals surface area (Å²) in [4.78, 5) is 22.0. The molecule has 1 amide bonds. The number of hydrogen-bond donors (Lipinski definition) is 0. The number of nitrogens with zero attached hydrogens (tertiary/aromatic N) is 4. The topological polar surface area (TPSA) is 70.1 Å². The zero-order valence-electron chi connectivity index (χ0n) is 21.0. The zero-order valence-corrected chi connectivity index (χ0v) is 21.0. The molecule has 0 unspecified atom stereocenters. The van der Waals surface area contributed by atoms with Crippen LogP contribution in [0.2, 0.25) is 0 Å². The second-order valence-corrected chi connectivity index (χ2v) is 9.77. The van der Waals surface area contributed by atoms with E-state index in [1.807, 2.05) is 20.8 Å². The third-order valence-corrected chi connectivity index (χ3v) is 5.85. The number of halogens is 6. The molecule has 7 nitrogen and oxygen atoms in total.